The molecule has 2 aliphatic heterocycles. The topological polar surface area (TPSA) is 66.8 Å². The number of fused-ring (bicyclic) bond motifs is 2. The van der Waals surface area contributed by atoms with Gasteiger partial charge in [0.05, 0.1) is 19.3 Å². The number of esters is 1. The average Bonchev–Trinajstić information content (AvgIpc) is 2.38. The van der Waals surface area contributed by atoms with Crippen molar-refractivity contribution in [2.45, 2.75) is 31.0 Å². The maximum atomic E-state index is 11.7. The molecule has 2 aliphatic rings. The highest BCUT2D eigenvalue weighted by atomic mass is 16.5. The summed E-state index contributed by atoms with van der Waals surface area (Å²) in [5.41, 5.74) is 0. The van der Waals surface area contributed by atoms with Gasteiger partial charge in [-0.3, -0.25) is 14.5 Å². The first kappa shape index (κ1) is 10.6. The second-order valence-electron chi connectivity index (χ2n) is 4.28. The van der Waals surface area contributed by atoms with E-state index in [0.29, 0.717) is 12.8 Å². The summed E-state index contributed by atoms with van der Waals surface area (Å²) in [5.74, 6) is -1.45. The molecule has 0 aromatic rings. The summed E-state index contributed by atoms with van der Waals surface area (Å²) in [5, 5.41) is 9.80. The Balaban J connectivity index is 2.29. The van der Waals surface area contributed by atoms with Gasteiger partial charge in [-0.25, -0.2) is 0 Å². The Kier molecular flexibility index (Phi) is 2.52. The number of likely N-dealkylation sites (N-methyl/N-ethyl adjacent to an activating group) is 1. The molecule has 0 saturated carbocycles. The molecule has 2 fully saturated rings. The molecule has 2 rings (SSSR count). The van der Waals surface area contributed by atoms with E-state index in [0.717, 1.165) is 0 Å². The standard InChI is InChI=1S/C10H15NO4/c1-11-5-3-6(12)8(10(14)15-2)9(11)7(13)4-5/h5,7-9,13H,3-4H2,1-2H3. The van der Waals surface area contributed by atoms with Crippen molar-refractivity contribution in [2.24, 2.45) is 5.92 Å². The van der Waals surface area contributed by atoms with E-state index in [9.17, 15) is 14.7 Å². The monoisotopic (exact) mass is 213 g/mol. The first-order valence-corrected chi connectivity index (χ1v) is 5.06. The Morgan fingerprint density at radius 1 is 1.60 bits per heavy atom. The van der Waals surface area contributed by atoms with Crippen LogP contribution in [0.1, 0.15) is 12.8 Å². The molecule has 5 heteroatoms. The summed E-state index contributed by atoms with van der Waals surface area (Å²) < 4.78 is 4.61. The summed E-state index contributed by atoms with van der Waals surface area (Å²) in [6.45, 7) is 0. The Labute approximate surface area is 88.0 Å². The fourth-order valence-corrected chi connectivity index (χ4v) is 2.73. The molecule has 84 valence electrons. The molecule has 15 heavy (non-hydrogen) atoms. The lowest BCUT2D eigenvalue weighted by Crippen LogP contribution is -2.52. The zero-order valence-corrected chi connectivity index (χ0v) is 8.84. The van der Waals surface area contributed by atoms with Crippen LogP contribution in [0.3, 0.4) is 0 Å². The first-order valence-electron chi connectivity index (χ1n) is 5.06. The van der Waals surface area contributed by atoms with E-state index < -0.39 is 24.0 Å². The van der Waals surface area contributed by atoms with Crippen molar-refractivity contribution in [2.75, 3.05) is 14.2 Å². The summed E-state index contributed by atoms with van der Waals surface area (Å²) in [6, 6.07) is -0.317. The lowest BCUT2D eigenvalue weighted by molar-refractivity contribution is -0.155. The third kappa shape index (κ3) is 1.46. The minimum Gasteiger partial charge on any atom is -0.468 e. The van der Waals surface area contributed by atoms with E-state index in [2.05, 4.69) is 4.74 Å². The largest absolute Gasteiger partial charge is 0.468 e. The van der Waals surface area contributed by atoms with Gasteiger partial charge < -0.3 is 9.84 Å². The molecular formula is C10H15NO4. The number of carbonyl (C=O) groups excluding carboxylic acids is 2. The van der Waals surface area contributed by atoms with Crippen LogP contribution < -0.4 is 0 Å². The summed E-state index contributed by atoms with van der Waals surface area (Å²) >= 11 is 0. The minimum absolute atomic E-state index is 0.0819. The number of nitrogens with zero attached hydrogens (tertiary/aromatic N) is 1. The van der Waals surface area contributed by atoms with E-state index in [1.807, 2.05) is 11.9 Å². The smallest absolute Gasteiger partial charge is 0.317 e. The van der Waals surface area contributed by atoms with E-state index in [4.69, 9.17) is 0 Å². The van der Waals surface area contributed by atoms with Crippen LogP contribution in [-0.4, -0.2) is 54.1 Å². The number of hydrogen-bond donors (Lipinski definition) is 1. The highest BCUT2D eigenvalue weighted by Gasteiger charge is 2.53. The van der Waals surface area contributed by atoms with Crippen LogP contribution in [0.5, 0.6) is 0 Å². The number of aliphatic hydroxyl groups is 1. The number of ketones is 1. The van der Waals surface area contributed by atoms with Crippen molar-refractivity contribution in [3.05, 3.63) is 0 Å². The van der Waals surface area contributed by atoms with E-state index >= 15 is 0 Å². The van der Waals surface area contributed by atoms with Crippen LogP contribution >= 0.6 is 0 Å². The number of carbonyl (C=O) groups is 2. The molecule has 0 aromatic carbocycles. The molecule has 5 nitrogen and oxygen atoms in total. The zero-order chi connectivity index (χ0) is 11.2. The molecule has 4 atom stereocenters. The van der Waals surface area contributed by atoms with E-state index in [1.54, 1.807) is 0 Å². The fourth-order valence-electron chi connectivity index (χ4n) is 2.73. The number of hydrogen-bond acceptors (Lipinski definition) is 5. The predicted octanol–water partition coefficient (Wildman–Crippen LogP) is -0.818. The molecular weight excluding hydrogens is 198 g/mol. The van der Waals surface area contributed by atoms with Crippen LogP contribution in [-0.2, 0) is 14.3 Å². The molecule has 4 unspecified atom stereocenters. The van der Waals surface area contributed by atoms with Gasteiger partial charge in [0.15, 0.2) is 0 Å². The van der Waals surface area contributed by atoms with Crippen LogP contribution in [0.15, 0.2) is 0 Å². The second kappa shape index (κ2) is 3.57. The molecule has 0 amide bonds. The van der Waals surface area contributed by atoms with E-state index in [-0.39, 0.29) is 11.8 Å². The third-order valence-electron chi connectivity index (χ3n) is 3.53. The minimum atomic E-state index is -0.811. The second-order valence-corrected chi connectivity index (χ2v) is 4.28. The van der Waals surface area contributed by atoms with Crippen LogP contribution in [0, 0.1) is 5.92 Å². The van der Waals surface area contributed by atoms with Crippen molar-refractivity contribution >= 4 is 11.8 Å². The SMILES string of the molecule is COC(=O)C1C(=O)CC2CC(O)C1N2C. The van der Waals surface area contributed by atoms with Gasteiger partial charge in [0.25, 0.3) is 0 Å². The van der Waals surface area contributed by atoms with Crippen LogP contribution in [0.4, 0.5) is 0 Å². The lowest BCUT2D eigenvalue weighted by Gasteiger charge is -2.35. The number of piperidine rings is 1. The highest BCUT2D eigenvalue weighted by molar-refractivity contribution is 6.01. The van der Waals surface area contributed by atoms with Crippen molar-refractivity contribution in [3.8, 4) is 0 Å². The van der Waals surface area contributed by atoms with E-state index in [1.165, 1.54) is 7.11 Å². The maximum absolute atomic E-state index is 11.7. The Morgan fingerprint density at radius 3 is 2.87 bits per heavy atom. The number of rotatable bonds is 1. The first-order chi connectivity index (χ1) is 7.06. The van der Waals surface area contributed by atoms with Gasteiger partial charge in [-0.1, -0.05) is 0 Å². The zero-order valence-electron chi connectivity index (χ0n) is 8.84. The molecule has 2 heterocycles. The van der Waals surface area contributed by atoms with Gasteiger partial charge in [-0.05, 0) is 13.5 Å². The fraction of sp³-hybridized carbons (Fsp3) is 0.800. The lowest BCUT2D eigenvalue weighted by atomic mass is 9.89. The summed E-state index contributed by atoms with van der Waals surface area (Å²) in [6.07, 6.45) is 0.306. The van der Waals surface area contributed by atoms with Gasteiger partial charge in [-0.2, -0.15) is 0 Å². The van der Waals surface area contributed by atoms with Gasteiger partial charge in [0.2, 0.25) is 0 Å². The predicted molar refractivity (Wildman–Crippen MR) is 51.1 cm³/mol. The molecule has 0 spiro atoms. The average molecular weight is 213 g/mol. The molecule has 0 radical (unpaired) electrons. The Morgan fingerprint density at radius 2 is 2.27 bits per heavy atom. The van der Waals surface area contributed by atoms with Gasteiger partial charge in [-0.15, -0.1) is 0 Å². The van der Waals surface area contributed by atoms with Gasteiger partial charge in [0, 0.05) is 12.5 Å². The number of Topliss-reactive ketones (excluding diaryl/α,β-unsaturated/α-hetero) is 1. The van der Waals surface area contributed by atoms with Crippen LogP contribution in [0.25, 0.3) is 0 Å². The van der Waals surface area contributed by atoms with Crippen molar-refractivity contribution in [3.63, 3.8) is 0 Å². The normalized spacial score (nSPS) is 40.6. The quantitative estimate of drug-likeness (QED) is 0.455. The molecule has 2 bridgehead atoms. The van der Waals surface area contributed by atoms with Crippen molar-refractivity contribution < 1.29 is 19.4 Å². The molecule has 0 aromatic heterocycles. The third-order valence-corrected chi connectivity index (χ3v) is 3.53. The number of aliphatic hydroxyl groups excluding tert-OH is 1. The van der Waals surface area contributed by atoms with Gasteiger partial charge >= 0.3 is 5.97 Å². The molecule has 0 aliphatic carbocycles. The summed E-state index contributed by atoms with van der Waals surface area (Å²) in [4.78, 5) is 25.1. The van der Waals surface area contributed by atoms with Gasteiger partial charge in [0.1, 0.15) is 11.7 Å². The summed E-state index contributed by atoms with van der Waals surface area (Å²) in [7, 11) is 3.11. The molecule has 2 saturated heterocycles. The number of methoxy groups -OCH3 is 1. The highest BCUT2D eigenvalue weighted by Crippen LogP contribution is 2.36. The molecule has 1 N–H and O–H groups in total. The Bertz CT molecular complexity index is 304. The Hall–Kier alpha value is -0.940. The van der Waals surface area contributed by atoms with Crippen molar-refractivity contribution in [1.82, 2.24) is 4.90 Å². The van der Waals surface area contributed by atoms with Crippen LogP contribution in [0.2, 0.25) is 0 Å². The van der Waals surface area contributed by atoms with Crippen molar-refractivity contribution in [1.29, 1.82) is 0 Å². The maximum Gasteiger partial charge on any atom is 0.317 e. The number of ether oxygens (including phenoxy) is 1.